The summed E-state index contributed by atoms with van der Waals surface area (Å²) in [6.45, 7) is 2.19. The fourth-order valence-electron chi connectivity index (χ4n) is 1.50. The summed E-state index contributed by atoms with van der Waals surface area (Å²) in [6, 6.07) is 8.46. The third kappa shape index (κ3) is 4.98. The van der Waals surface area contributed by atoms with Crippen molar-refractivity contribution < 1.29 is 4.79 Å². The van der Waals surface area contributed by atoms with Crippen LogP contribution in [0.4, 0.5) is 0 Å². The fourth-order valence-corrected chi connectivity index (χ4v) is 1.59. The molecule has 0 N–H and O–H groups in total. The Morgan fingerprint density at radius 3 is 2.13 bits per heavy atom. The van der Waals surface area contributed by atoms with Gasteiger partial charge in [0.1, 0.15) is 0 Å². The average molecular weight is 225 g/mol. The van der Waals surface area contributed by atoms with Crippen LogP contribution in [0.2, 0.25) is 0 Å². The van der Waals surface area contributed by atoms with E-state index in [1.54, 1.807) is 0 Å². The highest BCUT2D eigenvalue weighted by Gasteiger charge is 1.98. The van der Waals surface area contributed by atoms with E-state index in [1.165, 1.54) is 24.0 Å². The highest BCUT2D eigenvalue weighted by atomic mass is 35.5. The third-order valence-corrected chi connectivity index (χ3v) is 2.64. The van der Waals surface area contributed by atoms with Crippen molar-refractivity contribution >= 4 is 16.8 Å². The van der Waals surface area contributed by atoms with Crippen LogP contribution >= 0.6 is 11.6 Å². The molecule has 0 atom stereocenters. The number of hydrogen-bond acceptors (Lipinski definition) is 1. The first-order chi connectivity index (χ1) is 7.22. The van der Waals surface area contributed by atoms with Crippen LogP contribution in [-0.4, -0.2) is 5.24 Å². The number of hydrogen-bond donors (Lipinski definition) is 0. The van der Waals surface area contributed by atoms with Gasteiger partial charge in [0.2, 0.25) is 5.24 Å². The molecule has 0 radical (unpaired) electrons. The molecule has 0 saturated carbocycles. The Balaban J connectivity index is 2.45. The van der Waals surface area contributed by atoms with Crippen molar-refractivity contribution in [3.8, 4) is 0 Å². The number of halogens is 1. The second kappa shape index (κ2) is 6.62. The quantitative estimate of drug-likeness (QED) is 0.673. The molecule has 2 heteroatoms. The van der Waals surface area contributed by atoms with Gasteiger partial charge >= 0.3 is 0 Å². The first-order valence-corrected chi connectivity index (χ1v) is 5.86. The molecule has 0 aromatic heterocycles. The predicted octanol–water partition coefficient (Wildman–Crippen LogP) is 3.73. The molecule has 15 heavy (non-hydrogen) atoms. The van der Waals surface area contributed by atoms with Gasteiger partial charge in [-0.25, -0.2) is 0 Å². The lowest BCUT2D eigenvalue weighted by molar-refractivity contribution is -0.111. The molecular weight excluding hydrogens is 208 g/mol. The molecule has 1 aromatic carbocycles. The van der Waals surface area contributed by atoms with E-state index in [2.05, 4.69) is 31.2 Å². The van der Waals surface area contributed by atoms with Crippen molar-refractivity contribution in [2.24, 2.45) is 0 Å². The molecule has 1 aromatic rings. The normalized spacial score (nSPS) is 10.3. The maximum Gasteiger partial charge on any atom is 0.221 e. The van der Waals surface area contributed by atoms with E-state index in [1.807, 2.05) is 0 Å². The number of unbranched alkanes of at least 4 members (excludes halogenated alkanes) is 1. The maximum atomic E-state index is 10.6. The Morgan fingerprint density at radius 1 is 1.13 bits per heavy atom. The zero-order chi connectivity index (χ0) is 11.1. The summed E-state index contributed by atoms with van der Waals surface area (Å²) >= 11 is 5.29. The van der Waals surface area contributed by atoms with Gasteiger partial charge in [-0.3, -0.25) is 4.79 Å². The monoisotopic (exact) mass is 224 g/mol. The van der Waals surface area contributed by atoms with Crippen LogP contribution in [0.1, 0.15) is 37.3 Å². The molecule has 0 bridgehead atoms. The standard InChI is InChI=1S/C13H17ClO/c1-2-3-4-11-5-7-12(8-6-11)9-10-13(14)15/h5-8H,2-4,9-10H2,1H3. The van der Waals surface area contributed by atoms with Gasteiger partial charge in [0, 0.05) is 6.42 Å². The Bertz CT molecular complexity index is 303. The van der Waals surface area contributed by atoms with E-state index in [9.17, 15) is 4.79 Å². The largest absolute Gasteiger partial charge is 0.281 e. The first kappa shape index (κ1) is 12.3. The Labute approximate surface area is 96.5 Å². The summed E-state index contributed by atoms with van der Waals surface area (Å²) in [5, 5.41) is -0.259. The molecule has 1 rings (SSSR count). The predicted molar refractivity (Wildman–Crippen MR) is 64.2 cm³/mol. The maximum absolute atomic E-state index is 10.6. The summed E-state index contributed by atoms with van der Waals surface area (Å²) in [4.78, 5) is 10.6. The molecule has 0 amide bonds. The van der Waals surface area contributed by atoms with E-state index in [0.717, 1.165) is 12.8 Å². The second-order valence-electron chi connectivity index (χ2n) is 3.78. The Kier molecular flexibility index (Phi) is 5.41. The third-order valence-electron chi connectivity index (χ3n) is 2.45. The van der Waals surface area contributed by atoms with Crippen LogP contribution < -0.4 is 0 Å². The molecule has 0 unspecified atom stereocenters. The van der Waals surface area contributed by atoms with E-state index in [-0.39, 0.29) is 5.24 Å². The minimum absolute atomic E-state index is 0.259. The zero-order valence-corrected chi connectivity index (χ0v) is 9.89. The van der Waals surface area contributed by atoms with Crippen molar-refractivity contribution in [3.05, 3.63) is 35.4 Å². The number of benzene rings is 1. The molecule has 82 valence electrons. The van der Waals surface area contributed by atoms with Gasteiger partial charge in [0.25, 0.3) is 0 Å². The topological polar surface area (TPSA) is 17.1 Å². The molecule has 0 saturated heterocycles. The number of aryl methyl sites for hydroxylation is 2. The van der Waals surface area contributed by atoms with Gasteiger partial charge in [-0.15, -0.1) is 0 Å². The number of rotatable bonds is 6. The van der Waals surface area contributed by atoms with Crippen LogP contribution in [0.5, 0.6) is 0 Å². The fraction of sp³-hybridized carbons (Fsp3) is 0.462. The van der Waals surface area contributed by atoms with Gasteiger partial charge in [-0.2, -0.15) is 0 Å². The molecule has 0 aliphatic heterocycles. The van der Waals surface area contributed by atoms with Gasteiger partial charge < -0.3 is 0 Å². The summed E-state index contributed by atoms with van der Waals surface area (Å²) in [7, 11) is 0. The van der Waals surface area contributed by atoms with Crippen LogP contribution in [0, 0.1) is 0 Å². The second-order valence-corrected chi connectivity index (χ2v) is 4.20. The van der Waals surface area contributed by atoms with E-state index < -0.39 is 0 Å². The molecule has 0 aliphatic carbocycles. The lowest BCUT2D eigenvalue weighted by atomic mass is 10.0. The van der Waals surface area contributed by atoms with Crippen LogP contribution in [0.25, 0.3) is 0 Å². The summed E-state index contributed by atoms with van der Waals surface area (Å²) < 4.78 is 0. The number of carbonyl (C=O) groups excluding carboxylic acids is 1. The summed E-state index contributed by atoms with van der Waals surface area (Å²) in [5.74, 6) is 0. The van der Waals surface area contributed by atoms with Gasteiger partial charge in [0.15, 0.2) is 0 Å². The smallest absolute Gasteiger partial charge is 0.221 e. The molecule has 0 heterocycles. The van der Waals surface area contributed by atoms with Crippen LogP contribution in [0.15, 0.2) is 24.3 Å². The number of carbonyl (C=O) groups is 1. The molecule has 0 aliphatic rings. The van der Waals surface area contributed by atoms with Crippen LogP contribution in [-0.2, 0) is 17.6 Å². The minimum Gasteiger partial charge on any atom is -0.281 e. The van der Waals surface area contributed by atoms with Gasteiger partial charge in [-0.1, -0.05) is 37.6 Å². The van der Waals surface area contributed by atoms with Crippen LogP contribution in [0.3, 0.4) is 0 Å². The van der Waals surface area contributed by atoms with Crippen molar-refractivity contribution in [1.82, 2.24) is 0 Å². The summed E-state index contributed by atoms with van der Waals surface area (Å²) in [6.07, 6.45) is 4.78. The van der Waals surface area contributed by atoms with E-state index in [0.29, 0.717) is 6.42 Å². The van der Waals surface area contributed by atoms with Crippen molar-refractivity contribution in [2.75, 3.05) is 0 Å². The van der Waals surface area contributed by atoms with Gasteiger partial charge in [0.05, 0.1) is 0 Å². The zero-order valence-electron chi connectivity index (χ0n) is 9.13. The summed E-state index contributed by atoms with van der Waals surface area (Å²) in [5.41, 5.74) is 2.56. The average Bonchev–Trinajstić information content (AvgIpc) is 2.25. The Morgan fingerprint density at radius 2 is 1.67 bits per heavy atom. The molecule has 0 spiro atoms. The van der Waals surface area contributed by atoms with Gasteiger partial charge in [-0.05, 0) is 42.0 Å². The Hall–Kier alpha value is -0.820. The SMILES string of the molecule is CCCCc1ccc(CCC(=O)Cl)cc1. The molecule has 1 nitrogen and oxygen atoms in total. The highest BCUT2D eigenvalue weighted by Crippen LogP contribution is 2.10. The lowest BCUT2D eigenvalue weighted by Crippen LogP contribution is -1.92. The molecule has 0 fully saturated rings. The lowest BCUT2D eigenvalue weighted by Gasteiger charge is -2.02. The highest BCUT2D eigenvalue weighted by molar-refractivity contribution is 6.63. The van der Waals surface area contributed by atoms with Crippen molar-refractivity contribution in [2.45, 2.75) is 39.0 Å². The molecular formula is C13H17ClO. The van der Waals surface area contributed by atoms with E-state index >= 15 is 0 Å². The van der Waals surface area contributed by atoms with Crippen molar-refractivity contribution in [1.29, 1.82) is 0 Å². The van der Waals surface area contributed by atoms with Crippen molar-refractivity contribution in [3.63, 3.8) is 0 Å². The minimum atomic E-state index is -0.259. The first-order valence-electron chi connectivity index (χ1n) is 5.48. The van der Waals surface area contributed by atoms with E-state index in [4.69, 9.17) is 11.6 Å².